The number of sulfonamides is 1. The van der Waals surface area contributed by atoms with Gasteiger partial charge in [-0.2, -0.15) is 0 Å². The van der Waals surface area contributed by atoms with Gasteiger partial charge in [0.05, 0.1) is 10.6 Å². The van der Waals surface area contributed by atoms with E-state index in [-0.39, 0.29) is 22.9 Å². The number of amides is 1. The number of nitrogens with two attached hydrogens (primary N) is 1. The van der Waals surface area contributed by atoms with E-state index in [0.717, 1.165) is 31.4 Å². The van der Waals surface area contributed by atoms with Crippen molar-refractivity contribution < 1.29 is 13.2 Å². The number of anilines is 1. The van der Waals surface area contributed by atoms with Gasteiger partial charge in [-0.05, 0) is 43.9 Å². The number of benzene rings is 2. The summed E-state index contributed by atoms with van der Waals surface area (Å²) >= 11 is 0. The summed E-state index contributed by atoms with van der Waals surface area (Å²) in [5.74, 6) is -0.107. The van der Waals surface area contributed by atoms with Crippen molar-refractivity contribution in [2.45, 2.75) is 42.7 Å². The zero-order chi connectivity index (χ0) is 17.8. The topological polar surface area (TPSA) is 92.5 Å². The van der Waals surface area contributed by atoms with Gasteiger partial charge in [0.15, 0.2) is 0 Å². The molecule has 25 heavy (non-hydrogen) atoms. The second-order valence-electron chi connectivity index (χ2n) is 6.91. The quantitative estimate of drug-likeness (QED) is 0.876. The van der Waals surface area contributed by atoms with E-state index in [9.17, 15) is 13.2 Å². The Morgan fingerprint density at radius 1 is 1.12 bits per heavy atom. The number of nitrogens with one attached hydrogen (secondary N) is 1. The van der Waals surface area contributed by atoms with Crippen LogP contribution in [0.15, 0.2) is 35.2 Å². The Kier molecular flexibility index (Phi) is 3.82. The van der Waals surface area contributed by atoms with Crippen LogP contribution >= 0.6 is 0 Å². The third-order valence-electron chi connectivity index (χ3n) is 5.26. The van der Waals surface area contributed by atoms with Crippen LogP contribution in [0.4, 0.5) is 5.69 Å². The lowest BCUT2D eigenvalue weighted by atomic mass is 9.93. The minimum Gasteiger partial charge on any atom is -0.328 e. The van der Waals surface area contributed by atoms with Gasteiger partial charge in [-0.1, -0.05) is 12.1 Å². The number of nitrogens with zero attached hydrogens (tertiary/aromatic N) is 1. The minimum atomic E-state index is -3.67. The van der Waals surface area contributed by atoms with Crippen LogP contribution in [0.25, 0.3) is 10.8 Å². The summed E-state index contributed by atoms with van der Waals surface area (Å²) in [6.45, 7) is 0. The van der Waals surface area contributed by atoms with Gasteiger partial charge in [-0.25, -0.2) is 13.1 Å². The lowest BCUT2D eigenvalue weighted by molar-refractivity contribution is 0.0999. The SMILES string of the molecule is CN1C(=O)c2cccc3c(S(=O)(=O)NC4CCC(N)CC4)ccc1c23. The average molecular weight is 359 g/mol. The highest BCUT2D eigenvalue weighted by molar-refractivity contribution is 7.89. The van der Waals surface area contributed by atoms with E-state index in [1.165, 1.54) is 0 Å². The van der Waals surface area contributed by atoms with Crippen LogP contribution in [0.1, 0.15) is 36.0 Å². The monoisotopic (exact) mass is 359 g/mol. The first-order valence-electron chi connectivity index (χ1n) is 8.50. The fourth-order valence-electron chi connectivity index (χ4n) is 3.86. The third kappa shape index (κ3) is 2.63. The average Bonchev–Trinajstić information content (AvgIpc) is 2.84. The van der Waals surface area contributed by atoms with E-state index in [2.05, 4.69) is 4.72 Å². The molecule has 132 valence electrons. The number of carbonyl (C=O) groups excluding carboxylic acids is 1. The Morgan fingerprint density at radius 3 is 2.56 bits per heavy atom. The number of hydrogen-bond acceptors (Lipinski definition) is 4. The first-order chi connectivity index (χ1) is 11.9. The van der Waals surface area contributed by atoms with E-state index < -0.39 is 10.0 Å². The smallest absolute Gasteiger partial charge is 0.258 e. The molecular formula is C18H21N3O3S. The molecule has 1 aliphatic carbocycles. The van der Waals surface area contributed by atoms with E-state index in [1.54, 1.807) is 42.3 Å². The predicted molar refractivity (Wildman–Crippen MR) is 97.2 cm³/mol. The molecule has 1 aliphatic heterocycles. The summed E-state index contributed by atoms with van der Waals surface area (Å²) < 4.78 is 28.7. The minimum absolute atomic E-state index is 0.0860. The van der Waals surface area contributed by atoms with Gasteiger partial charge in [-0.15, -0.1) is 0 Å². The molecule has 1 fully saturated rings. The standard InChI is InChI=1S/C18H21N3O3S/c1-21-15-9-10-16(13-3-2-4-14(17(13)15)18(21)22)25(23,24)20-12-7-5-11(19)6-8-12/h2-4,9-12,20H,5-8,19H2,1H3. The van der Waals surface area contributed by atoms with Crippen molar-refractivity contribution in [1.29, 1.82) is 0 Å². The molecule has 0 atom stereocenters. The molecule has 0 bridgehead atoms. The van der Waals surface area contributed by atoms with Gasteiger partial charge in [0.25, 0.3) is 5.91 Å². The molecular weight excluding hydrogens is 338 g/mol. The van der Waals surface area contributed by atoms with Gasteiger partial charge in [0.1, 0.15) is 0 Å². The maximum absolute atomic E-state index is 13.0. The van der Waals surface area contributed by atoms with Gasteiger partial charge >= 0.3 is 0 Å². The van der Waals surface area contributed by atoms with Crippen LogP contribution in [0, 0.1) is 0 Å². The Bertz CT molecular complexity index is 963. The largest absolute Gasteiger partial charge is 0.328 e. The molecule has 2 aromatic rings. The van der Waals surface area contributed by atoms with Crippen molar-refractivity contribution in [3.63, 3.8) is 0 Å². The van der Waals surface area contributed by atoms with Crippen molar-refractivity contribution in [3.05, 3.63) is 35.9 Å². The van der Waals surface area contributed by atoms with Crippen LogP contribution in [0.5, 0.6) is 0 Å². The maximum Gasteiger partial charge on any atom is 0.258 e. The highest BCUT2D eigenvalue weighted by Gasteiger charge is 2.31. The second kappa shape index (κ2) is 5.79. The van der Waals surface area contributed by atoms with Crippen LogP contribution in [0.3, 0.4) is 0 Å². The fourth-order valence-corrected chi connectivity index (χ4v) is 5.37. The summed E-state index contributed by atoms with van der Waals surface area (Å²) in [5.41, 5.74) is 7.20. The molecule has 4 rings (SSSR count). The van der Waals surface area contributed by atoms with E-state index in [1.807, 2.05) is 0 Å². The molecule has 2 aliphatic rings. The highest BCUT2D eigenvalue weighted by Crippen LogP contribution is 2.39. The Balaban J connectivity index is 1.76. The number of rotatable bonds is 3. The summed E-state index contributed by atoms with van der Waals surface area (Å²) in [7, 11) is -1.96. The maximum atomic E-state index is 13.0. The molecule has 1 amide bonds. The Labute approximate surface area is 147 Å². The number of hydrogen-bond donors (Lipinski definition) is 2. The lowest BCUT2D eigenvalue weighted by Gasteiger charge is -2.26. The lowest BCUT2D eigenvalue weighted by Crippen LogP contribution is -2.40. The van der Waals surface area contributed by atoms with Crippen molar-refractivity contribution >= 4 is 32.4 Å². The molecule has 2 aromatic carbocycles. The molecule has 0 spiro atoms. The molecule has 0 unspecified atom stereocenters. The van der Waals surface area contributed by atoms with Crippen molar-refractivity contribution in [2.24, 2.45) is 5.73 Å². The zero-order valence-corrected chi connectivity index (χ0v) is 14.8. The van der Waals surface area contributed by atoms with Crippen LogP contribution in [0.2, 0.25) is 0 Å². The molecule has 7 heteroatoms. The zero-order valence-electron chi connectivity index (χ0n) is 14.0. The second-order valence-corrected chi connectivity index (χ2v) is 8.59. The first-order valence-corrected chi connectivity index (χ1v) is 9.98. The summed E-state index contributed by atoms with van der Waals surface area (Å²) in [5, 5.41) is 1.30. The van der Waals surface area contributed by atoms with Gasteiger partial charge in [0, 0.05) is 35.5 Å². The molecule has 1 heterocycles. The molecule has 0 saturated heterocycles. The van der Waals surface area contributed by atoms with Crippen molar-refractivity contribution in [2.75, 3.05) is 11.9 Å². The molecule has 3 N–H and O–H groups in total. The van der Waals surface area contributed by atoms with Crippen LogP contribution < -0.4 is 15.4 Å². The van der Waals surface area contributed by atoms with E-state index >= 15 is 0 Å². The number of carbonyl (C=O) groups is 1. The molecule has 0 aromatic heterocycles. The van der Waals surface area contributed by atoms with Crippen LogP contribution in [-0.4, -0.2) is 33.5 Å². The Morgan fingerprint density at radius 2 is 1.84 bits per heavy atom. The summed E-state index contributed by atoms with van der Waals surface area (Å²) in [4.78, 5) is 14.1. The van der Waals surface area contributed by atoms with Gasteiger partial charge < -0.3 is 10.6 Å². The third-order valence-corrected chi connectivity index (χ3v) is 6.84. The molecule has 1 saturated carbocycles. The normalized spacial score (nSPS) is 23.4. The van der Waals surface area contributed by atoms with E-state index in [0.29, 0.717) is 16.3 Å². The molecule has 0 radical (unpaired) electrons. The Hall–Kier alpha value is -1.96. The van der Waals surface area contributed by atoms with Crippen molar-refractivity contribution in [1.82, 2.24) is 4.72 Å². The van der Waals surface area contributed by atoms with Gasteiger partial charge in [0.2, 0.25) is 10.0 Å². The summed E-state index contributed by atoms with van der Waals surface area (Å²) in [6, 6.07) is 8.62. The fraction of sp³-hybridized carbons (Fsp3) is 0.389. The predicted octanol–water partition coefficient (Wildman–Crippen LogP) is 1.98. The first kappa shape index (κ1) is 16.5. The van der Waals surface area contributed by atoms with Crippen LogP contribution in [-0.2, 0) is 10.0 Å². The highest BCUT2D eigenvalue weighted by atomic mass is 32.2. The van der Waals surface area contributed by atoms with Gasteiger partial charge in [-0.3, -0.25) is 4.79 Å². The summed E-state index contributed by atoms with van der Waals surface area (Å²) in [6.07, 6.45) is 3.17. The van der Waals surface area contributed by atoms with Crippen molar-refractivity contribution in [3.8, 4) is 0 Å². The molecule has 6 nitrogen and oxygen atoms in total. The van der Waals surface area contributed by atoms with E-state index in [4.69, 9.17) is 5.73 Å².